The number of nitro benzene ring substituents is 1. The lowest BCUT2D eigenvalue weighted by molar-refractivity contribution is -0.385. The molecular weight excluding hydrogens is 322 g/mol. The van der Waals surface area contributed by atoms with Crippen molar-refractivity contribution in [3.8, 4) is 0 Å². The highest BCUT2D eigenvalue weighted by atomic mass is 79.9. The van der Waals surface area contributed by atoms with Crippen molar-refractivity contribution in [3.05, 3.63) is 62.4 Å². The molecule has 0 radical (unpaired) electrons. The fourth-order valence-electron chi connectivity index (χ4n) is 1.89. The van der Waals surface area contributed by atoms with Crippen LogP contribution in [-0.4, -0.2) is 9.91 Å². The molecule has 0 amide bonds. The van der Waals surface area contributed by atoms with Gasteiger partial charge in [0.15, 0.2) is 0 Å². The molecule has 6 heteroatoms. The quantitative estimate of drug-likeness (QED) is 0.515. The summed E-state index contributed by atoms with van der Waals surface area (Å²) in [6.07, 6.45) is 1.71. The van der Waals surface area contributed by atoms with Gasteiger partial charge < -0.3 is 5.32 Å². The lowest BCUT2D eigenvalue weighted by atomic mass is 10.0. The smallest absolute Gasteiger partial charge is 0.272 e. The summed E-state index contributed by atoms with van der Waals surface area (Å²) in [7, 11) is 0. The highest BCUT2D eigenvalue weighted by Crippen LogP contribution is 2.25. The summed E-state index contributed by atoms with van der Waals surface area (Å²) in [6.45, 7) is 3.69. The molecule has 1 unspecified atom stereocenters. The number of hydrogen-bond donors (Lipinski definition) is 1. The Balaban J connectivity index is 2.20. The summed E-state index contributed by atoms with van der Waals surface area (Å²) in [4.78, 5) is 14.7. The summed E-state index contributed by atoms with van der Waals surface area (Å²) >= 11 is 3.28. The molecule has 1 heterocycles. The zero-order valence-electron chi connectivity index (χ0n) is 11.1. The Morgan fingerprint density at radius 2 is 2.10 bits per heavy atom. The lowest BCUT2D eigenvalue weighted by Gasteiger charge is -2.15. The van der Waals surface area contributed by atoms with Crippen LogP contribution in [0.4, 0.5) is 11.4 Å². The van der Waals surface area contributed by atoms with E-state index in [1.807, 2.05) is 25.1 Å². The van der Waals surface area contributed by atoms with Gasteiger partial charge in [-0.1, -0.05) is 12.1 Å². The molecule has 0 aliphatic rings. The van der Waals surface area contributed by atoms with Crippen molar-refractivity contribution < 1.29 is 4.92 Å². The van der Waals surface area contributed by atoms with Crippen LogP contribution in [0.5, 0.6) is 0 Å². The first kappa shape index (κ1) is 14.5. The average molecular weight is 336 g/mol. The first-order valence-electron chi connectivity index (χ1n) is 6.10. The number of hydrogen-bond acceptors (Lipinski definition) is 4. The van der Waals surface area contributed by atoms with Gasteiger partial charge in [-0.15, -0.1) is 0 Å². The van der Waals surface area contributed by atoms with Crippen molar-refractivity contribution >= 4 is 27.3 Å². The van der Waals surface area contributed by atoms with Crippen molar-refractivity contribution in [2.75, 3.05) is 5.32 Å². The number of nitrogens with one attached hydrogen (secondary N) is 1. The molecule has 2 rings (SSSR count). The zero-order valence-corrected chi connectivity index (χ0v) is 12.7. The van der Waals surface area contributed by atoms with Crippen LogP contribution in [0.15, 0.2) is 41.1 Å². The van der Waals surface area contributed by atoms with Crippen molar-refractivity contribution in [1.82, 2.24) is 4.98 Å². The molecule has 1 atom stereocenters. The number of halogens is 1. The monoisotopic (exact) mass is 335 g/mol. The van der Waals surface area contributed by atoms with Crippen molar-refractivity contribution in [1.29, 1.82) is 0 Å². The maximum Gasteiger partial charge on any atom is 0.272 e. The average Bonchev–Trinajstić information content (AvgIpc) is 2.41. The van der Waals surface area contributed by atoms with Crippen LogP contribution in [-0.2, 0) is 0 Å². The Morgan fingerprint density at radius 3 is 2.70 bits per heavy atom. The molecule has 5 nitrogen and oxygen atoms in total. The van der Waals surface area contributed by atoms with Crippen molar-refractivity contribution in [2.24, 2.45) is 0 Å². The normalized spacial score (nSPS) is 11.9. The summed E-state index contributed by atoms with van der Waals surface area (Å²) in [6, 6.07) is 8.97. The van der Waals surface area contributed by atoms with E-state index in [1.54, 1.807) is 25.3 Å². The molecule has 0 aliphatic heterocycles. The molecule has 0 aliphatic carbocycles. The van der Waals surface area contributed by atoms with E-state index in [0.717, 1.165) is 15.9 Å². The number of aromatic nitrogens is 1. The topological polar surface area (TPSA) is 68.1 Å². The van der Waals surface area contributed by atoms with Crippen molar-refractivity contribution in [2.45, 2.75) is 19.9 Å². The SMILES string of the molecule is Cc1ccc(C(C)Nc2ccc(Br)nc2)cc1[N+](=O)[O-]. The Labute approximate surface area is 125 Å². The minimum atomic E-state index is -0.354. The first-order valence-corrected chi connectivity index (χ1v) is 6.89. The second-order valence-electron chi connectivity index (χ2n) is 4.54. The van der Waals surface area contributed by atoms with E-state index in [1.165, 1.54) is 0 Å². The van der Waals surface area contributed by atoms with Gasteiger partial charge in [-0.25, -0.2) is 4.98 Å². The third-order valence-electron chi connectivity index (χ3n) is 3.04. The second-order valence-corrected chi connectivity index (χ2v) is 5.35. The molecule has 0 fully saturated rings. The standard InChI is InChI=1S/C14H14BrN3O2/c1-9-3-4-11(7-13(9)18(19)20)10(2)17-12-5-6-14(15)16-8-12/h3-8,10,17H,1-2H3. The number of anilines is 1. The minimum absolute atomic E-state index is 0.0442. The molecule has 1 aromatic carbocycles. The van der Waals surface area contributed by atoms with E-state index in [2.05, 4.69) is 26.2 Å². The van der Waals surface area contributed by atoms with Crippen LogP contribution in [0.25, 0.3) is 0 Å². The molecule has 0 spiro atoms. The summed E-state index contributed by atoms with van der Waals surface area (Å²) < 4.78 is 0.765. The van der Waals surface area contributed by atoms with Gasteiger partial charge in [0.1, 0.15) is 4.60 Å². The maximum absolute atomic E-state index is 11.0. The van der Waals surface area contributed by atoms with E-state index < -0.39 is 0 Å². The Hall–Kier alpha value is -1.95. The first-order chi connectivity index (χ1) is 9.47. The van der Waals surface area contributed by atoms with Crippen LogP contribution >= 0.6 is 15.9 Å². The number of nitrogens with zero attached hydrogens (tertiary/aromatic N) is 2. The molecule has 1 N–H and O–H groups in total. The summed E-state index contributed by atoms with van der Waals surface area (Å²) in [5.41, 5.74) is 2.54. The van der Waals surface area contributed by atoms with Crippen LogP contribution in [0.2, 0.25) is 0 Å². The molecule has 0 saturated heterocycles. The second kappa shape index (κ2) is 6.00. The zero-order chi connectivity index (χ0) is 14.7. The number of pyridine rings is 1. The fourth-order valence-corrected chi connectivity index (χ4v) is 2.12. The Morgan fingerprint density at radius 1 is 1.35 bits per heavy atom. The predicted molar refractivity (Wildman–Crippen MR) is 81.8 cm³/mol. The van der Waals surface area contributed by atoms with Gasteiger partial charge in [0.25, 0.3) is 5.69 Å². The van der Waals surface area contributed by atoms with Gasteiger partial charge in [-0.3, -0.25) is 10.1 Å². The molecule has 2 aromatic rings. The van der Waals surface area contributed by atoms with E-state index >= 15 is 0 Å². The number of aryl methyl sites for hydroxylation is 1. The van der Waals surface area contributed by atoms with Crippen LogP contribution in [0.1, 0.15) is 24.1 Å². The van der Waals surface area contributed by atoms with Gasteiger partial charge in [-0.2, -0.15) is 0 Å². The summed E-state index contributed by atoms with van der Waals surface area (Å²) in [5, 5.41) is 14.2. The molecular formula is C14H14BrN3O2. The van der Waals surface area contributed by atoms with Crippen molar-refractivity contribution in [3.63, 3.8) is 0 Å². The number of nitro groups is 1. The maximum atomic E-state index is 11.0. The van der Waals surface area contributed by atoms with Gasteiger partial charge in [0.2, 0.25) is 0 Å². The highest BCUT2D eigenvalue weighted by molar-refractivity contribution is 9.10. The molecule has 0 bridgehead atoms. The fraction of sp³-hybridized carbons (Fsp3) is 0.214. The van der Waals surface area contributed by atoms with Crippen LogP contribution in [0, 0.1) is 17.0 Å². The van der Waals surface area contributed by atoms with Crippen LogP contribution in [0.3, 0.4) is 0 Å². The molecule has 20 heavy (non-hydrogen) atoms. The lowest BCUT2D eigenvalue weighted by Crippen LogP contribution is -2.07. The summed E-state index contributed by atoms with van der Waals surface area (Å²) in [5.74, 6) is 0. The largest absolute Gasteiger partial charge is 0.377 e. The highest BCUT2D eigenvalue weighted by Gasteiger charge is 2.14. The van der Waals surface area contributed by atoms with Gasteiger partial charge >= 0.3 is 0 Å². The molecule has 1 aromatic heterocycles. The van der Waals surface area contributed by atoms with E-state index in [9.17, 15) is 10.1 Å². The van der Waals surface area contributed by atoms with E-state index in [0.29, 0.717) is 5.56 Å². The van der Waals surface area contributed by atoms with Gasteiger partial charge in [-0.05, 0) is 47.5 Å². The molecule has 0 saturated carbocycles. The number of rotatable bonds is 4. The van der Waals surface area contributed by atoms with Gasteiger partial charge in [0, 0.05) is 17.7 Å². The van der Waals surface area contributed by atoms with Crippen LogP contribution < -0.4 is 5.32 Å². The molecule has 104 valence electrons. The van der Waals surface area contributed by atoms with Gasteiger partial charge in [0.05, 0.1) is 16.8 Å². The van der Waals surface area contributed by atoms with E-state index in [4.69, 9.17) is 0 Å². The third kappa shape index (κ3) is 3.33. The van der Waals surface area contributed by atoms with E-state index in [-0.39, 0.29) is 16.7 Å². The predicted octanol–water partition coefficient (Wildman–Crippen LogP) is 4.23. The number of benzene rings is 1. The minimum Gasteiger partial charge on any atom is -0.377 e. The third-order valence-corrected chi connectivity index (χ3v) is 3.51. The Bertz CT molecular complexity index is 629. The Kier molecular flexibility index (Phi) is 4.34.